The number of carbonyl (C=O) groups is 2. The molecule has 23 heavy (non-hydrogen) atoms. The van der Waals surface area contributed by atoms with E-state index in [0.717, 1.165) is 11.0 Å². The first kappa shape index (κ1) is 16.6. The Kier molecular flexibility index (Phi) is 5.80. The standard InChI is InChI=1S/C17H20N4O2/c1-3-18-16(22)12-21(4-2)17(23)10-9-13-11-19-14-7-5-6-8-15(14)20-13/h5-11H,3-4,12H2,1-2H3,(H,18,22)/b10-9+. The van der Waals surface area contributed by atoms with Crippen LogP contribution in [0.1, 0.15) is 19.5 Å². The van der Waals surface area contributed by atoms with Crippen LogP contribution in [0.2, 0.25) is 0 Å². The van der Waals surface area contributed by atoms with E-state index in [0.29, 0.717) is 18.8 Å². The highest BCUT2D eigenvalue weighted by Crippen LogP contribution is 2.09. The lowest BCUT2D eigenvalue weighted by molar-refractivity contribution is -0.132. The van der Waals surface area contributed by atoms with E-state index in [4.69, 9.17) is 0 Å². The summed E-state index contributed by atoms with van der Waals surface area (Å²) in [7, 11) is 0. The lowest BCUT2D eigenvalue weighted by Gasteiger charge is -2.18. The predicted molar refractivity (Wildman–Crippen MR) is 89.5 cm³/mol. The van der Waals surface area contributed by atoms with Gasteiger partial charge in [0.05, 0.1) is 29.5 Å². The Hall–Kier alpha value is -2.76. The Morgan fingerprint density at radius 1 is 1.22 bits per heavy atom. The van der Waals surface area contributed by atoms with E-state index in [1.807, 2.05) is 38.1 Å². The molecule has 2 rings (SSSR count). The van der Waals surface area contributed by atoms with E-state index in [-0.39, 0.29) is 18.4 Å². The molecule has 0 bridgehead atoms. The van der Waals surface area contributed by atoms with Gasteiger partial charge in [-0.25, -0.2) is 4.98 Å². The number of aromatic nitrogens is 2. The van der Waals surface area contributed by atoms with Crippen LogP contribution >= 0.6 is 0 Å². The Morgan fingerprint density at radius 3 is 2.65 bits per heavy atom. The molecule has 0 aliphatic rings. The number of benzene rings is 1. The van der Waals surface area contributed by atoms with Gasteiger partial charge >= 0.3 is 0 Å². The molecule has 2 aromatic rings. The molecule has 2 amide bonds. The van der Waals surface area contributed by atoms with Crippen LogP contribution in [0.15, 0.2) is 36.5 Å². The van der Waals surface area contributed by atoms with Crippen molar-refractivity contribution in [2.75, 3.05) is 19.6 Å². The van der Waals surface area contributed by atoms with Crippen LogP contribution in [0.3, 0.4) is 0 Å². The van der Waals surface area contributed by atoms with Gasteiger partial charge in [0.2, 0.25) is 11.8 Å². The number of amides is 2. The molecule has 0 fully saturated rings. The molecule has 0 saturated carbocycles. The smallest absolute Gasteiger partial charge is 0.247 e. The van der Waals surface area contributed by atoms with Crippen LogP contribution in [0, 0.1) is 0 Å². The van der Waals surface area contributed by atoms with Crippen molar-refractivity contribution < 1.29 is 9.59 Å². The average molecular weight is 312 g/mol. The van der Waals surface area contributed by atoms with E-state index in [2.05, 4.69) is 15.3 Å². The second-order valence-electron chi connectivity index (χ2n) is 4.92. The van der Waals surface area contributed by atoms with Crippen molar-refractivity contribution in [3.8, 4) is 0 Å². The zero-order valence-electron chi connectivity index (χ0n) is 13.3. The summed E-state index contributed by atoms with van der Waals surface area (Å²) in [4.78, 5) is 33.9. The fraction of sp³-hybridized carbons (Fsp3) is 0.294. The first-order valence-corrected chi connectivity index (χ1v) is 7.59. The van der Waals surface area contributed by atoms with Gasteiger partial charge in [0, 0.05) is 19.2 Å². The second-order valence-corrected chi connectivity index (χ2v) is 4.92. The Labute approximate surface area is 135 Å². The third kappa shape index (κ3) is 4.60. The first-order valence-electron chi connectivity index (χ1n) is 7.59. The highest BCUT2D eigenvalue weighted by molar-refractivity contribution is 5.94. The summed E-state index contributed by atoms with van der Waals surface area (Å²) in [5.74, 6) is -0.393. The van der Waals surface area contributed by atoms with Crippen molar-refractivity contribution in [1.82, 2.24) is 20.2 Å². The molecule has 6 nitrogen and oxygen atoms in total. The maximum atomic E-state index is 12.2. The normalized spacial score (nSPS) is 10.9. The lowest BCUT2D eigenvalue weighted by Crippen LogP contribution is -2.39. The first-order chi connectivity index (χ1) is 11.1. The lowest BCUT2D eigenvalue weighted by atomic mass is 10.3. The molecule has 1 N–H and O–H groups in total. The number of nitrogens with zero attached hydrogens (tertiary/aromatic N) is 3. The SMILES string of the molecule is CCNC(=O)CN(CC)C(=O)/C=C/c1cnc2ccccc2n1. The summed E-state index contributed by atoms with van der Waals surface area (Å²) in [6.07, 6.45) is 4.65. The minimum atomic E-state index is -0.228. The quantitative estimate of drug-likeness (QED) is 0.823. The summed E-state index contributed by atoms with van der Waals surface area (Å²) in [5, 5.41) is 2.68. The summed E-state index contributed by atoms with van der Waals surface area (Å²) in [6, 6.07) is 7.54. The Morgan fingerprint density at radius 2 is 1.96 bits per heavy atom. The van der Waals surface area contributed by atoms with Crippen LogP contribution in [-0.4, -0.2) is 46.3 Å². The summed E-state index contributed by atoms with van der Waals surface area (Å²) < 4.78 is 0. The van der Waals surface area contributed by atoms with Crippen LogP contribution in [0.25, 0.3) is 17.1 Å². The molecule has 1 heterocycles. The zero-order valence-corrected chi connectivity index (χ0v) is 13.3. The molecular formula is C17H20N4O2. The maximum Gasteiger partial charge on any atom is 0.247 e. The van der Waals surface area contributed by atoms with Crippen molar-refractivity contribution in [2.24, 2.45) is 0 Å². The summed E-state index contributed by atoms with van der Waals surface area (Å²) in [6.45, 7) is 4.74. The minimum Gasteiger partial charge on any atom is -0.355 e. The fourth-order valence-electron chi connectivity index (χ4n) is 2.09. The van der Waals surface area contributed by atoms with Crippen molar-refractivity contribution in [3.05, 3.63) is 42.2 Å². The molecule has 0 saturated heterocycles. The summed E-state index contributed by atoms with van der Waals surface area (Å²) in [5.41, 5.74) is 2.19. The van der Waals surface area contributed by atoms with Gasteiger partial charge in [-0.05, 0) is 32.1 Å². The second kappa shape index (κ2) is 8.03. The number of likely N-dealkylation sites (N-methyl/N-ethyl adjacent to an activating group) is 2. The van der Waals surface area contributed by atoms with Crippen molar-refractivity contribution in [2.45, 2.75) is 13.8 Å². The van der Waals surface area contributed by atoms with Gasteiger partial charge in [-0.1, -0.05) is 12.1 Å². The van der Waals surface area contributed by atoms with Crippen molar-refractivity contribution in [3.63, 3.8) is 0 Å². The van der Waals surface area contributed by atoms with E-state index in [9.17, 15) is 9.59 Å². The third-order valence-corrected chi connectivity index (χ3v) is 3.27. The van der Waals surface area contributed by atoms with Gasteiger partial charge in [0.15, 0.2) is 0 Å². The molecule has 0 spiro atoms. The fourth-order valence-corrected chi connectivity index (χ4v) is 2.09. The largest absolute Gasteiger partial charge is 0.355 e. The van der Waals surface area contributed by atoms with E-state index in [1.165, 1.54) is 11.0 Å². The molecule has 0 aliphatic heterocycles. The molecule has 0 radical (unpaired) electrons. The average Bonchev–Trinajstić information content (AvgIpc) is 2.57. The number of rotatable bonds is 6. The Balaban J connectivity index is 2.07. The molecule has 0 aliphatic carbocycles. The van der Waals surface area contributed by atoms with Gasteiger partial charge < -0.3 is 10.2 Å². The molecule has 0 unspecified atom stereocenters. The Bertz CT molecular complexity index is 727. The molecular weight excluding hydrogens is 292 g/mol. The van der Waals surface area contributed by atoms with E-state index < -0.39 is 0 Å². The monoisotopic (exact) mass is 312 g/mol. The van der Waals surface area contributed by atoms with Crippen LogP contribution in [0.5, 0.6) is 0 Å². The number of carbonyl (C=O) groups excluding carboxylic acids is 2. The number of hydrogen-bond acceptors (Lipinski definition) is 4. The molecule has 120 valence electrons. The van der Waals surface area contributed by atoms with Gasteiger partial charge in [-0.15, -0.1) is 0 Å². The van der Waals surface area contributed by atoms with Crippen molar-refractivity contribution >= 4 is 28.9 Å². The van der Waals surface area contributed by atoms with Gasteiger partial charge in [0.25, 0.3) is 0 Å². The van der Waals surface area contributed by atoms with Gasteiger partial charge in [-0.2, -0.15) is 0 Å². The van der Waals surface area contributed by atoms with E-state index in [1.54, 1.807) is 12.3 Å². The van der Waals surface area contributed by atoms with Crippen LogP contribution in [0.4, 0.5) is 0 Å². The maximum absolute atomic E-state index is 12.2. The van der Waals surface area contributed by atoms with Gasteiger partial charge in [0.1, 0.15) is 0 Å². The number of fused-ring (bicyclic) bond motifs is 1. The minimum absolute atomic E-state index is 0.0525. The number of nitrogens with one attached hydrogen (secondary N) is 1. The van der Waals surface area contributed by atoms with E-state index >= 15 is 0 Å². The molecule has 0 atom stereocenters. The van der Waals surface area contributed by atoms with Gasteiger partial charge in [-0.3, -0.25) is 14.6 Å². The third-order valence-electron chi connectivity index (χ3n) is 3.27. The number of para-hydroxylation sites is 2. The molecule has 1 aromatic heterocycles. The highest BCUT2D eigenvalue weighted by atomic mass is 16.2. The molecule has 6 heteroatoms. The predicted octanol–water partition coefficient (Wildman–Crippen LogP) is 1.63. The van der Waals surface area contributed by atoms with Crippen LogP contribution < -0.4 is 5.32 Å². The zero-order chi connectivity index (χ0) is 16.7. The topological polar surface area (TPSA) is 75.2 Å². The molecule has 1 aromatic carbocycles. The van der Waals surface area contributed by atoms with Crippen molar-refractivity contribution in [1.29, 1.82) is 0 Å². The number of hydrogen-bond donors (Lipinski definition) is 1. The highest BCUT2D eigenvalue weighted by Gasteiger charge is 2.12. The summed E-state index contributed by atoms with van der Waals surface area (Å²) >= 11 is 0. The van der Waals surface area contributed by atoms with Crippen LogP contribution in [-0.2, 0) is 9.59 Å².